The number of hydrogen-bond acceptors (Lipinski definition) is 3. The lowest BCUT2D eigenvalue weighted by Crippen LogP contribution is -2.59. The second kappa shape index (κ2) is 6.24. The molecule has 1 aliphatic rings. The smallest absolute Gasteiger partial charge is 0.315 e. The third-order valence-corrected chi connectivity index (χ3v) is 5.67. The van der Waals surface area contributed by atoms with Crippen molar-refractivity contribution in [3.05, 3.63) is 0 Å². The van der Waals surface area contributed by atoms with Crippen molar-refractivity contribution in [2.75, 3.05) is 6.26 Å². The fourth-order valence-corrected chi connectivity index (χ4v) is 3.01. The van der Waals surface area contributed by atoms with Gasteiger partial charge in [-0.3, -0.25) is 4.79 Å². The standard InChI is InChI=1S/C14H26N2O3S/c1-13(2,11(17)18)14(3,4)16-12(19)15-9-6-7-10(8-9)20-5/h9-10H,6-8H2,1-5H3,(H,17,18)(H2,15,16,19). The Labute approximate surface area is 125 Å². The zero-order valence-electron chi connectivity index (χ0n) is 12.9. The Bertz CT molecular complexity index is 383. The van der Waals surface area contributed by atoms with Gasteiger partial charge >= 0.3 is 12.0 Å². The molecule has 0 spiro atoms. The lowest BCUT2D eigenvalue weighted by molar-refractivity contribution is -0.150. The molecule has 0 saturated heterocycles. The highest BCUT2D eigenvalue weighted by Crippen LogP contribution is 2.31. The normalized spacial score (nSPS) is 23.4. The van der Waals surface area contributed by atoms with Crippen molar-refractivity contribution in [3.8, 4) is 0 Å². The van der Waals surface area contributed by atoms with Crippen LogP contribution in [0.15, 0.2) is 0 Å². The topological polar surface area (TPSA) is 78.4 Å². The highest BCUT2D eigenvalue weighted by molar-refractivity contribution is 7.99. The molecule has 3 N–H and O–H groups in total. The summed E-state index contributed by atoms with van der Waals surface area (Å²) in [6, 6.07) is -0.0905. The van der Waals surface area contributed by atoms with Crippen LogP contribution in [0.3, 0.4) is 0 Å². The van der Waals surface area contributed by atoms with Crippen molar-refractivity contribution in [1.29, 1.82) is 0 Å². The average molecular weight is 302 g/mol. The van der Waals surface area contributed by atoms with Crippen LogP contribution in [0.2, 0.25) is 0 Å². The summed E-state index contributed by atoms with van der Waals surface area (Å²) >= 11 is 1.84. The van der Waals surface area contributed by atoms with Gasteiger partial charge in [0.1, 0.15) is 0 Å². The molecule has 2 amide bonds. The van der Waals surface area contributed by atoms with Crippen LogP contribution in [0.4, 0.5) is 4.79 Å². The number of amides is 2. The first-order chi connectivity index (χ1) is 9.10. The molecule has 2 atom stereocenters. The summed E-state index contributed by atoms with van der Waals surface area (Å²) in [5.41, 5.74) is -1.87. The van der Waals surface area contributed by atoms with Gasteiger partial charge in [0.05, 0.1) is 11.0 Å². The Hall–Kier alpha value is -0.910. The van der Waals surface area contributed by atoms with Crippen LogP contribution >= 0.6 is 11.8 Å². The molecule has 0 aromatic carbocycles. The molecule has 0 aromatic rings. The second-order valence-electron chi connectivity index (χ2n) is 6.52. The maximum Gasteiger partial charge on any atom is 0.315 e. The van der Waals surface area contributed by atoms with Crippen LogP contribution in [0, 0.1) is 5.41 Å². The number of thioether (sulfide) groups is 1. The number of rotatable bonds is 5. The van der Waals surface area contributed by atoms with Crippen molar-refractivity contribution in [2.24, 2.45) is 5.41 Å². The Morgan fingerprint density at radius 1 is 1.20 bits per heavy atom. The van der Waals surface area contributed by atoms with E-state index in [1.165, 1.54) is 0 Å². The molecule has 0 radical (unpaired) electrons. The van der Waals surface area contributed by atoms with Gasteiger partial charge in [-0.25, -0.2) is 4.79 Å². The van der Waals surface area contributed by atoms with Crippen LogP contribution in [0.1, 0.15) is 47.0 Å². The van der Waals surface area contributed by atoms with E-state index in [1.807, 2.05) is 11.8 Å². The Morgan fingerprint density at radius 3 is 2.25 bits per heavy atom. The zero-order chi connectivity index (χ0) is 15.6. The largest absolute Gasteiger partial charge is 0.481 e. The minimum absolute atomic E-state index is 0.191. The monoisotopic (exact) mass is 302 g/mol. The predicted molar refractivity (Wildman–Crippen MR) is 82.1 cm³/mol. The predicted octanol–water partition coefficient (Wildman–Crippen LogP) is 2.46. The third-order valence-electron chi connectivity index (χ3n) is 4.58. The summed E-state index contributed by atoms with van der Waals surface area (Å²) < 4.78 is 0. The Kier molecular flexibility index (Phi) is 5.35. The van der Waals surface area contributed by atoms with Crippen LogP contribution in [-0.2, 0) is 4.79 Å². The lowest BCUT2D eigenvalue weighted by Gasteiger charge is -2.39. The molecule has 0 heterocycles. The first kappa shape index (κ1) is 17.1. The third kappa shape index (κ3) is 3.81. The number of carboxylic acid groups (broad SMARTS) is 1. The average Bonchev–Trinajstić information content (AvgIpc) is 2.75. The van der Waals surface area contributed by atoms with Gasteiger partial charge in [0.2, 0.25) is 0 Å². The molecule has 6 heteroatoms. The van der Waals surface area contributed by atoms with E-state index < -0.39 is 16.9 Å². The Balaban J connectivity index is 2.56. The Morgan fingerprint density at radius 2 is 1.80 bits per heavy atom. The van der Waals surface area contributed by atoms with Crippen molar-refractivity contribution in [2.45, 2.75) is 63.8 Å². The van der Waals surface area contributed by atoms with Crippen molar-refractivity contribution in [1.82, 2.24) is 10.6 Å². The molecule has 20 heavy (non-hydrogen) atoms. The van der Waals surface area contributed by atoms with Crippen LogP contribution in [0.5, 0.6) is 0 Å². The van der Waals surface area contributed by atoms with Gasteiger partial charge in [0.25, 0.3) is 0 Å². The van der Waals surface area contributed by atoms with Gasteiger partial charge in [0.15, 0.2) is 0 Å². The molecule has 0 bridgehead atoms. The van der Waals surface area contributed by atoms with E-state index in [1.54, 1.807) is 27.7 Å². The molecule has 1 fully saturated rings. The molecule has 1 aliphatic carbocycles. The number of aliphatic carboxylic acids is 1. The number of carbonyl (C=O) groups excluding carboxylic acids is 1. The molecular weight excluding hydrogens is 276 g/mol. The highest BCUT2D eigenvalue weighted by Gasteiger charge is 2.44. The van der Waals surface area contributed by atoms with Crippen molar-refractivity contribution < 1.29 is 14.7 Å². The summed E-state index contributed by atoms with van der Waals surface area (Å²) in [6.07, 6.45) is 5.18. The van der Waals surface area contributed by atoms with Gasteiger partial charge in [-0.05, 0) is 53.2 Å². The maximum absolute atomic E-state index is 12.1. The highest BCUT2D eigenvalue weighted by atomic mass is 32.2. The number of hydrogen-bond donors (Lipinski definition) is 3. The van der Waals surface area contributed by atoms with E-state index in [0.29, 0.717) is 5.25 Å². The lowest BCUT2D eigenvalue weighted by atomic mass is 9.74. The van der Waals surface area contributed by atoms with Crippen LogP contribution < -0.4 is 10.6 Å². The minimum Gasteiger partial charge on any atom is -0.481 e. The van der Waals surface area contributed by atoms with Crippen LogP contribution in [0.25, 0.3) is 0 Å². The summed E-state index contributed by atoms with van der Waals surface area (Å²) in [6.45, 7) is 6.71. The second-order valence-corrected chi connectivity index (χ2v) is 7.66. The first-order valence-electron chi connectivity index (χ1n) is 6.95. The molecule has 1 saturated carbocycles. The van der Waals surface area contributed by atoms with Crippen molar-refractivity contribution >= 4 is 23.8 Å². The summed E-state index contributed by atoms with van der Waals surface area (Å²) in [5, 5.41) is 15.6. The van der Waals surface area contributed by atoms with E-state index in [-0.39, 0.29) is 12.1 Å². The number of carboxylic acids is 1. The summed E-state index contributed by atoms with van der Waals surface area (Å²) in [4.78, 5) is 23.4. The molecule has 0 aliphatic heterocycles. The van der Waals surface area contributed by atoms with E-state index >= 15 is 0 Å². The molecular formula is C14H26N2O3S. The number of urea groups is 1. The van der Waals surface area contributed by atoms with Crippen LogP contribution in [-0.4, -0.2) is 40.2 Å². The fourth-order valence-electron chi connectivity index (χ4n) is 2.21. The van der Waals surface area contributed by atoms with E-state index in [2.05, 4.69) is 16.9 Å². The molecule has 2 unspecified atom stereocenters. The van der Waals surface area contributed by atoms with E-state index in [9.17, 15) is 14.7 Å². The maximum atomic E-state index is 12.1. The van der Waals surface area contributed by atoms with Gasteiger partial charge in [-0.15, -0.1) is 0 Å². The quantitative estimate of drug-likeness (QED) is 0.729. The van der Waals surface area contributed by atoms with Gasteiger partial charge in [-0.1, -0.05) is 0 Å². The summed E-state index contributed by atoms with van der Waals surface area (Å²) in [7, 11) is 0. The minimum atomic E-state index is -1.04. The van der Waals surface area contributed by atoms with Gasteiger partial charge < -0.3 is 15.7 Å². The summed E-state index contributed by atoms with van der Waals surface area (Å²) in [5.74, 6) is -0.925. The molecule has 5 nitrogen and oxygen atoms in total. The molecule has 0 aromatic heterocycles. The number of carbonyl (C=O) groups is 2. The van der Waals surface area contributed by atoms with Gasteiger partial charge in [0, 0.05) is 11.3 Å². The molecule has 116 valence electrons. The van der Waals surface area contributed by atoms with Crippen molar-refractivity contribution in [3.63, 3.8) is 0 Å². The van der Waals surface area contributed by atoms with E-state index in [0.717, 1.165) is 19.3 Å². The molecule has 1 rings (SSSR count). The number of nitrogens with one attached hydrogen (secondary N) is 2. The van der Waals surface area contributed by atoms with Gasteiger partial charge in [-0.2, -0.15) is 11.8 Å². The van der Waals surface area contributed by atoms with E-state index in [4.69, 9.17) is 0 Å². The zero-order valence-corrected chi connectivity index (χ0v) is 13.8. The first-order valence-corrected chi connectivity index (χ1v) is 8.24. The fraction of sp³-hybridized carbons (Fsp3) is 0.857. The SMILES string of the molecule is CSC1CCC(NC(=O)NC(C)(C)C(C)(C)C(=O)O)C1.